The van der Waals surface area contributed by atoms with Gasteiger partial charge in [0.15, 0.2) is 0 Å². The highest BCUT2D eigenvalue weighted by atomic mass is 35.5. The van der Waals surface area contributed by atoms with E-state index in [9.17, 15) is 4.79 Å². The molecule has 1 amide bonds. The molecule has 0 saturated heterocycles. The van der Waals surface area contributed by atoms with Crippen molar-refractivity contribution in [1.82, 2.24) is 15.3 Å². The van der Waals surface area contributed by atoms with Crippen LogP contribution in [0.5, 0.6) is 0 Å². The van der Waals surface area contributed by atoms with Gasteiger partial charge in [0.25, 0.3) is 5.91 Å². The van der Waals surface area contributed by atoms with E-state index in [0.29, 0.717) is 30.4 Å². The molecule has 1 aliphatic carbocycles. The molecule has 1 aliphatic rings. The average molecular weight is 399 g/mol. The van der Waals surface area contributed by atoms with Crippen molar-refractivity contribution < 1.29 is 4.79 Å². The van der Waals surface area contributed by atoms with Gasteiger partial charge in [0.2, 0.25) is 0 Å². The summed E-state index contributed by atoms with van der Waals surface area (Å²) >= 11 is 5.91. The van der Waals surface area contributed by atoms with Gasteiger partial charge in [-0.2, -0.15) is 0 Å². The van der Waals surface area contributed by atoms with Crippen molar-refractivity contribution in [1.29, 1.82) is 0 Å². The van der Waals surface area contributed by atoms with Crippen LogP contribution < -0.4 is 10.6 Å². The van der Waals surface area contributed by atoms with E-state index in [0.717, 1.165) is 24.3 Å². The molecule has 5 nitrogen and oxygen atoms in total. The number of amides is 1. The summed E-state index contributed by atoms with van der Waals surface area (Å²) in [7, 11) is 0. The molecule has 6 heteroatoms. The number of halogens is 1. The molecule has 0 bridgehead atoms. The first kappa shape index (κ1) is 20.3. The zero-order valence-electron chi connectivity index (χ0n) is 16.3. The molecule has 3 rings (SSSR count). The molecule has 0 atom stereocenters. The number of rotatable bonds is 8. The van der Waals surface area contributed by atoms with Crippen LogP contribution in [-0.2, 0) is 6.42 Å². The molecule has 1 aromatic carbocycles. The molecular weight excluding hydrogens is 372 g/mol. The number of aryl methyl sites for hydroxylation is 1. The lowest BCUT2D eigenvalue weighted by molar-refractivity contribution is 0.0948. The second kappa shape index (κ2) is 10.2. The monoisotopic (exact) mass is 398 g/mol. The lowest BCUT2D eigenvalue weighted by Gasteiger charge is -2.13. The van der Waals surface area contributed by atoms with Crippen LogP contribution in [0.1, 0.15) is 54.0 Å². The Kier molecular flexibility index (Phi) is 7.43. The van der Waals surface area contributed by atoms with Crippen molar-refractivity contribution >= 4 is 23.3 Å². The Morgan fingerprint density at radius 1 is 1.11 bits per heavy atom. The number of allylic oxidation sites excluding steroid dienone is 1. The molecule has 2 aromatic rings. The number of carbonyl (C=O) groups is 1. The lowest BCUT2D eigenvalue weighted by Crippen LogP contribution is -2.26. The average Bonchev–Trinajstić information content (AvgIpc) is 2.70. The molecule has 0 fully saturated rings. The molecule has 2 N–H and O–H groups in total. The highest BCUT2D eigenvalue weighted by Crippen LogP contribution is 2.19. The summed E-state index contributed by atoms with van der Waals surface area (Å²) < 4.78 is 0. The van der Waals surface area contributed by atoms with E-state index in [-0.39, 0.29) is 5.91 Å². The summed E-state index contributed by atoms with van der Waals surface area (Å²) in [5.74, 6) is 1.10. The molecule has 148 valence electrons. The maximum Gasteiger partial charge on any atom is 0.270 e. The van der Waals surface area contributed by atoms with Crippen LogP contribution in [-0.4, -0.2) is 29.0 Å². The maximum atomic E-state index is 12.5. The number of hydrogen-bond donors (Lipinski definition) is 2. The van der Waals surface area contributed by atoms with Crippen molar-refractivity contribution in [2.24, 2.45) is 0 Å². The predicted molar refractivity (Wildman–Crippen MR) is 114 cm³/mol. The summed E-state index contributed by atoms with van der Waals surface area (Å²) in [6.07, 6.45) is 8.94. The number of carbonyl (C=O) groups excluding carboxylic acids is 1. The van der Waals surface area contributed by atoms with Crippen molar-refractivity contribution in [3.05, 3.63) is 64.1 Å². The molecule has 1 aromatic heterocycles. The van der Waals surface area contributed by atoms with E-state index in [1.807, 2.05) is 24.3 Å². The minimum Gasteiger partial charge on any atom is -0.370 e. The number of anilines is 1. The van der Waals surface area contributed by atoms with Crippen LogP contribution in [0.3, 0.4) is 0 Å². The SMILES string of the molecule is Cc1nc(NCCc2ccc(Cl)cc2)cc(C(=O)NCCC2=CCCCC2)n1. The highest BCUT2D eigenvalue weighted by molar-refractivity contribution is 6.30. The van der Waals surface area contributed by atoms with Crippen molar-refractivity contribution in [3.63, 3.8) is 0 Å². The van der Waals surface area contributed by atoms with Gasteiger partial charge in [-0.05, 0) is 63.1 Å². The van der Waals surface area contributed by atoms with Gasteiger partial charge in [0.05, 0.1) is 0 Å². The van der Waals surface area contributed by atoms with Gasteiger partial charge in [-0.3, -0.25) is 4.79 Å². The Labute approximate surface area is 171 Å². The van der Waals surface area contributed by atoms with Crippen LogP contribution in [0, 0.1) is 6.92 Å². The third-order valence-electron chi connectivity index (χ3n) is 4.82. The van der Waals surface area contributed by atoms with Gasteiger partial charge in [0, 0.05) is 24.2 Å². The smallest absolute Gasteiger partial charge is 0.270 e. The Morgan fingerprint density at radius 3 is 2.68 bits per heavy atom. The third kappa shape index (κ3) is 6.34. The van der Waals surface area contributed by atoms with Gasteiger partial charge in [0.1, 0.15) is 17.3 Å². The molecule has 0 saturated carbocycles. The van der Waals surface area contributed by atoms with Crippen LogP contribution in [0.25, 0.3) is 0 Å². The number of hydrogen-bond acceptors (Lipinski definition) is 4. The Bertz CT molecular complexity index is 833. The number of benzene rings is 1. The van der Waals surface area contributed by atoms with Gasteiger partial charge in [-0.1, -0.05) is 35.4 Å². The molecule has 0 spiro atoms. The fraction of sp³-hybridized carbons (Fsp3) is 0.409. The minimum absolute atomic E-state index is 0.150. The van der Waals surface area contributed by atoms with Crippen molar-refractivity contribution in [2.45, 2.75) is 45.4 Å². The quantitative estimate of drug-likeness (QED) is 0.632. The Balaban J connectivity index is 1.50. The van der Waals surface area contributed by atoms with Gasteiger partial charge < -0.3 is 10.6 Å². The molecule has 1 heterocycles. The molecule has 28 heavy (non-hydrogen) atoms. The maximum absolute atomic E-state index is 12.5. The van der Waals surface area contributed by atoms with Crippen LogP contribution in [0.4, 0.5) is 5.82 Å². The second-order valence-corrected chi connectivity index (χ2v) is 7.54. The topological polar surface area (TPSA) is 66.9 Å². The Hall–Kier alpha value is -2.40. The zero-order chi connectivity index (χ0) is 19.8. The fourth-order valence-corrected chi connectivity index (χ4v) is 3.45. The lowest BCUT2D eigenvalue weighted by atomic mass is 9.97. The highest BCUT2D eigenvalue weighted by Gasteiger charge is 2.11. The largest absolute Gasteiger partial charge is 0.370 e. The Morgan fingerprint density at radius 2 is 1.93 bits per heavy atom. The minimum atomic E-state index is -0.150. The molecule has 0 unspecified atom stereocenters. The fourth-order valence-electron chi connectivity index (χ4n) is 3.32. The molecule has 0 radical (unpaired) electrons. The second-order valence-electron chi connectivity index (χ2n) is 7.10. The van der Waals surface area contributed by atoms with Crippen LogP contribution in [0.15, 0.2) is 42.0 Å². The normalized spacial score (nSPS) is 13.7. The van der Waals surface area contributed by atoms with E-state index in [2.05, 4.69) is 26.7 Å². The first-order valence-electron chi connectivity index (χ1n) is 9.90. The number of nitrogens with zero attached hydrogens (tertiary/aromatic N) is 2. The van der Waals surface area contributed by atoms with Gasteiger partial charge in [-0.15, -0.1) is 0 Å². The van der Waals surface area contributed by atoms with E-state index < -0.39 is 0 Å². The van der Waals surface area contributed by atoms with E-state index in [4.69, 9.17) is 11.6 Å². The van der Waals surface area contributed by atoms with Crippen LogP contribution >= 0.6 is 11.6 Å². The first-order chi connectivity index (χ1) is 13.6. The summed E-state index contributed by atoms with van der Waals surface area (Å²) in [6.45, 7) is 3.16. The first-order valence-corrected chi connectivity index (χ1v) is 10.3. The molecule has 0 aliphatic heterocycles. The number of nitrogens with one attached hydrogen (secondary N) is 2. The summed E-state index contributed by atoms with van der Waals surface area (Å²) in [5.41, 5.74) is 3.05. The summed E-state index contributed by atoms with van der Waals surface area (Å²) in [5, 5.41) is 6.99. The van der Waals surface area contributed by atoms with E-state index in [1.54, 1.807) is 13.0 Å². The van der Waals surface area contributed by atoms with Gasteiger partial charge >= 0.3 is 0 Å². The van der Waals surface area contributed by atoms with Crippen LogP contribution in [0.2, 0.25) is 5.02 Å². The number of aromatic nitrogens is 2. The summed E-state index contributed by atoms with van der Waals surface area (Å²) in [6, 6.07) is 9.50. The predicted octanol–water partition coefficient (Wildman–Crippen LogP) is 4.71. The van der Waals surface area contributed by atoms with Gasteiger partial charge in [-0.25, -0.2) is 9.97 Å². The van der Waals surface area contributed by atoms with Crippen molar-refractivity contribution in [2.75, 3.05) is 18.4 Å². The van der Waals surface area contributed by atoms with Crippen molar-refractivity contribution in [3.8, 4) is 0 Å². The summed E-state index contributed by atoms with van der Waals surface area (Å²) in [4.78, 5) is 21.1. The standard InChI is InChI=1S/C22H27ClN4O/c1-16-26-20(22(28)25-14-12-17-5-3-2-4-6-17)15-21(27-16)24-13-11-18-7-9-19(23)10-8-18/h5,7-10,15H,2-4,6,11-14H2,1H3,(H,25,28)(H,24,26,27). The van der Waals surface area contributed by atoms with E-state index in [1.165, 1.54) is 30.4 Å². The van der Waals surface area contributed by atoms with E-state index >= 15 is 0 Å². The molecular formula is C22H27ClN4O. The zero-order valence-corrected chi connectivity index (χ0v) is 17.1. The third-order valence-corrected chi connectivity index (χ3v) is 5.07.